The van der Waals surface area contributed by atoms with Crippen LogP contribution < -0.4 is 0 Å². The zero-order valence-corrected chi connectivity index (χ0v) is 11.9. The van der Waals surface area contributed by atoms with E-state index in [4.69, 9.17) is 4.52 Å². The van der Waals surface area contributed by atoms with Crippen molar-refractivity contribution in [2.24, 2.45) is 0 Å². The van der Waals surface area contributed by atoms with E-state index in [2.05, 4.69) is 26.1 Å². The van der Waals surface area contributed by atoms with E-state index in [1.54, 1.807) is 0 Å². The molecule has 3 aromatic rings. The minimum atomic E-state index is 0.552. The van der Waals surface area contributed by atoms with E-state index < -0.39 is 0 Å². The van der Waals surface area contributed by atoms with Crippen LogP contribution in [-0.4, -0.2) is 10.1 Å². The van der Waals surface area contributed by atoms with Gasteiger partial charge in [0.05, 0.1) is 0 Å². The summed E-state index contributed by atoms with van der Waals surface area (Å²) in [6.45, 7) is 2.03. The van der Waals surface area contributed by atoms with Gasteiger partial charge in [0.1, 0.15) is 0 Å². The number of halogens is 1. The Hall–Kier alpha value is -1.94. The van der Waals surface area contributed by atoms with E-state index in [-0.39, 0.29) is 0 Å². The molecule has 0 unspecified atom stereocenters. The molecule has 0 bridgehead atoms. The van der Waals surface area contributed by atoms with Gasteiger partial charge in [-0.15, -0.1) is 0 Å². The SMILES string of the molecule is Cc1ccccc1-c1nc(-c2ccc(Br)cc2)no1. The molecule has 0 aliphatic heterocycles. The Morgan fingerprint density at radius 2 is 1.74 bits per heavy atom. The molecule has 3 rings (SSSR count). The Bertz CT molecular complexity index is 704. The lowest BCUT2D eigenvalue weighted by molar-refractivity contribution is 0.432. The Balaban J connectivity index is 2.00. The van der Waals surface area contributed by atoms with Gasteiger partial charge in [0.25, 0.3) is 5.89 Å². The van der Waals surface area contributed by atoms with E-state index in [1.807, 2.05) is 55.5 Å². The van der Waals surface area contributed by atoms with Gasteiger partial charge < -0.3 is 4.52 Å². The first kappa shape index (κ1) is 12.1. The minimum Gasteiger partial charge on any atom is -0.334 e. The third-order valence-electron chi connectivity index (χ3n) is 2.90. The van der Waals surface area contributed by atoms with Crippen LogP contribution in [0.15, 0.2) is 57.5 Å². The molecule has 0 aliphatic carbocycles. The van der Waals surface area contributed by atoms with Gasteiger partial charge in [0, 0.05) is 15.6 Å². The fourth-order valence-corrected chi connectivity index (χ4v) is 2.13. The molecule has 19 heavy (non-hydrogen) atoms. The first-order chi connectivity index (χ1) is 9.24. The van der Waals surface area contributed by atoms with Crippen molar-refractivity contribution in [3.63, 3.8) is 0 Å². The van der Waals surface area contributed by atoms with Crippen molar-refractivity contribution in [1.82, 2.24) is 10.1 Å². The van der Waals surface area contributed by atoms with Crippen LogP contribution in [-0.2, 0) is 0 Å². The first-order valence-electron chi connectivity index (χ1n) is 5.90. The van der Waals surface area contributed by atoms with Gasteiger partial charge in [0.2, 0.25) is 5.82 Å². The quantitative estimate of drug-likeness (QED) is 0.700. The first-order valence-corrected chi connectivity index (χ1v) is 6.69. The molecule has 0 atom stereocenters. The summed E-state index contributed by atoms with van der Waals surface area (Å²) in [7, 11) is 0. The molecular weight excluding hydrogens is 304 g/mol. The lowest BCUT2D eigenvalue weighted by Gasteiger charge is -1.98. The van der Waals surface area contributed by atoms with Crippen LogP contribution in [0.3, 0.4) is 0 Å². The Morgan fingerprint density at radius 1 is 1.00 bits per heavy atom. The van der Waals surface area contributed by atoms with E-state index in [0.717, 1.165) is 21.2 Å². The summed E-state index contributed by atoms with van der Waals surface area (Å²) in [5.74, 6) is 1.15. The highest BCUT2D eigenvalue weighted by molar-refractivity contribution is 9.10. The molecule has 2 aromatic carbocycles. The van der Waals surface area contributed by atoms with Gasteiger partial charge in [-0.25, -0.2) is 0 Å². The highest BCUT2D eigenvalue weighted by atomic mass is 79.9. The van der Waals surface area contributed by atoms with Gasteiger partial charge in [0.15, 0.2) is 0 Å². The van der Waals surface area contributed by atoms with Crippen LogP contribution in [0.25, 0.3) is 22.8 Å². The summed E-state index contributed by atoms with van der Waals surface area (Å²) < 4.78 is 6.37. The van der Waals surface area contributed by atoms with Crippen LogP contribution in [0.1, 0.15) is 5.56 Å². The summed E-state index contributed by atoms with van der Waals surface area (Å²) in [6, 6.07) is 15.8. The maximum Gasteiger partial charge on any atom is 0.258 e. The fourth-order valence-electron chi connectivity index (χ4n) is 1.86. The smallest absolute Gasteiger partial charge is 0.258 e. The van der Waals surface area contributed by atoms with E-state index in [0.29, 0.717) is 11.7 Å². The molecule has 0 radical (unpaired) electrons. The fraction of sp³-hybridized carbons (Fsp3) is 0.0667. The summed E-state index contributed by atoms with van der Waals surface area (Å²) in [4.78, 5) is 4.45. The third-order valence-corrected chi connectivity index (χ3v) is 3.43. The number of nitrogens with zero attached hydrogens (tertiary/aromatic N) is 2. The monoisotopic (exact) mass is 314 g/mol. The summed E-state index contributed by atoms with van der Waals surface area (Å²) in [5.41, 5.74) is 3.03. The van der Waals surface area contributed by atoms with Crippen LogP contribution >= 0.6 is 15.9 Å². The number of benzene rings is 2. The van der Waals surface area contributed by atoms with Crippen LogP contribution in [0.4, 0.5) is 0 Å². The highest BCUT2D eigenvalue weighted by Crippen LogP contribution is 2.25. The molecule has 1 heterocycles. The molecule has 1 aromatic heterocycles. The van der Waals surface area contributed by atoms with Crippen molar-refractivity contribution in [2.75, 3.05) is 0 Å². The normalized spacial score (nSPS) is 10.6. The predicted molar refractivity (Wildman–Crippen MR) is 77.6 cm³/mol. The molecule has 0 fully saturated rings. The molecule has 94 valence electrons. The molecular formula is C15H11BrN2O. The largest absolute Gasteiger partial charge is 0.334 e. The molecule has 3 nitrogen and oxygen atoms in total. The number of hydrogen-bond acceptors (Lipinski definition) is 3. The summed E-state index contributed by atoms with van der Waals surface area (Å²) >= 11 is 3.41. The lowest BCUT2D eigenvalue weighted by Crippen LogP contribution is -1.83. The Kier molecular flexibility index (Phi) is 3.17. The third kappa shape index (κ3) is 2.44. The van der Waals surface area contributed by atoms with Crippen molar-refractivity contribution in [2.45, 2.75) is 6.92 Å². The Morgan fingerprint density at radius 3 is 2.47 bits per heavy atom. The van der Waals surface area contributed by atoms with Gasteiger partial charge in [-0.2, -0.15) is 4.98 Å². The predicted octanol–water partition coefficient (Wildman–Crippen LogP) is 4.47. The highest BCUT2D eigenvalue weighted by Gasteiger charge is 2.11. The zero-order chi connectivity index (χ0) is 13.2. The van der Waals surface area contributed by atoms with Crippen molar-refractivity contribution < 1.29 is 4.52 Å². The van der Waals surface area contributed by atoms with Gasteiger partial charge in [-0.1, -0.05) is 39.3 Å². The molecule has 0 saturated carbocycles. The van der Waals surface area contributed by atoms with E-state index in [1.165, 1.54) is 0 Å². The number of aromatic nitrogens is 2. The molecule has 0 N–H and O–H groups in total. The second kappa shape index (κ2) is 4.97. The molecule has 0 amide bonds. The van der Waals surface area contributed by atoms with Gasteiger partial charge in [-0.05, 0) is 42.8 Å². The topological polar surface area (TPSA) is 38.9 Å². The average molecular weight is 315 g/mol. The summed E-state index contributed by atoms with van der Waals surface area (Å²) in [5, 5.41) is 4.03. The molecule has 0 aliphatic rings. The van der Waals surface area contributed by atoms with Gasteiger partial charge >= 0.3 is 0 Å². The van der Waals surface area contributed by atoms with E-state index in [9.17, 15) is 0 Å². The average Bonchev–Trinajstić information content (AvgIpc) is 2.89. The molecule has 4 heteroatoms. The molecule has 0 spiro atoms. The summed E-state index contributed by atoms with van der Waals surface area (Å²) in [6.07, 6.45) is 0. The van der Waals surface area contributed by atoms with Crippen LogP contribution in [0.5, 0.6) is 0 Å². The van der Waals surface area contributed by atoms with Crippen molar-refractivity contribution in [3.8, 4) is 22.8 Å². The van der Waals surface area contributed by atoms with Crippen molar-refractivity contribution in [3.05, 3.63) is 58.6 Å². The van der Waals surface area contributed by atoms with E-state index >= 15 is 0 Å². The second-order valence-corrected chi connectivity index (χ2v) is 5.16. The molecule has 0 saturated heterocycles. The van der Waals surface area contributed by atoms with Crippen LogP contribution in [0.2, 0.25) is 0 Å². The Labute approximate surface area is 119 Å². The van der Waals surface area contributed by atoms with Gasteiger partial charge in [-0.3, -0.25) is 0 Å². The number of hydrogen-bond donors (Lipinski definition) is 0. The van der Waals surface area contributed by atoms with Crippen molar-refractivity contribution in [1.29, 1.82) is 0 Å². The van der Waals surface area contributed by atoms with Crippen molar-refractivity contribution >= 4 is 15.9 Å². The number of aryl methyl sites for hydroxylation is 1. The second-order valence-electron chi connectivity index (χ2n) is 4.24. The van der Waals surface area contributed by atoms with Crippen LogP contribution in [0, 0.1) is 6.92 Å². The number of rotatable bonds is 2. The maximum absolute atomic E-state index is 5.34. The standard InChI is InChI=1S/C15H11BrN2O/c1-10-4-2-3-5-13(10)15-17-14(18-19-15)11-6-8-12(16)9-7-11/h2-9H,1H3. The zero-order valence-electron chi connectivity index (χ0n) is 10.3. The maximum atomic E-state index is 5.34. The minimum absolute atomic E-state index is 0.552. The lowest BCUT2D eigenvalue weighted by atomic mass is 10.1.